The number of aliphatic hydroxyl groups is 1. The summed E-state index contributed by atoms with van der Waals surface area (Å²) in [6.45, 7) is 8.82. The minimum absolute atomic E-state index is 0.428. The topological polar surface area (TPSA) is 58.0 Å². The van der Waals surface area contributed by atoms with Crippen LogP contribution in [-0.4, -0.2) is 27.7 Å². The molecule has 2 aromatic heterocycles. The van der Waals surface area contributed by atoms with Crippen LogP contribution in [0.5, 0.6) is 0 Å². The largest absolute Gasteiger partial charge is 0.392 e. The Labute approximate surface area is 153 Å². The highest BCUT2D eigenvalue weighted by Crippen LogP contribution is 2.41. The number of aromatic nitrogens is 2. The molecule has 4 nitrogen and oxygen atoms in total. The van der Waals surface area contributed by atoms with Crippen molar-refractivity contribution in [1.82, 2.24) is 9.97 Å². The van der Waals surface area contributed by atoms with E-state index in [4.69, 9.17) is 0 Å². The number of hydrogen-bond acceptors (Lipinski definition) is 5. The first kappa shape index (κ1) is 17.8. The molecule has 0 fully saturated rings. The highest BCUT2D eigenvalue weighted by Gasteiger charge is 2.18. The Morgan fingerprint density at radius 2 is 1.84 bits per heavy atom. The number of aliphatic hydroxyl groups excluding tert-OH is 1. The van der Waals surface area contributed by atoms with Gasteiger partial charge in [-0.1, -0.05) is 45.0 Å². The van der Waals surface area contributed by atoms with Gasteiger partial charge >= 0.3 is 0 Å². The lowest BCUT2D eigenvalue weighted by atomic mass is 9.97. The van der Waals surface area contributed by atoms with Crippen molar-refractivity contribution in [1.29, 1.82) is 0 Å². The molecule has 2 N–H and O–H groups in total. The zero-order chi connectivity index (χ0) is 18.0. The van der Waals surface area contributed by atoms with Crippen LogP contribution in [0, 0.1) is 0 Å². The van der Waals surface area contributed by atoms with Crippen LogP contribution >= 0.6 is 11.3 Å². The van der Waals surface area contributed by atoms with Crippen LogP contribution in [-0.2, 0) is 6.42 Å². The van der Waals surface area contributed by atoms with Gasteiger partial charge in [-0.25, -0.2) is 9.97 Å². The molecule has 5 heteroatoms. The van der Waals surface area contributed by atoms with Gasteiger partial charge in [0.1, 0.15) is 17.0 Å². The van der Waals surface area contributed by atoms with Crippen molar-refractivity contribution in [2.24, 2.45) is 0 Å². The highest BCUT2D eigenvalue weighted by molar-refractivity contribution is 7.19. The van der Waals surface area contributed by atoms with Crippen LogP contribution in [0.4, 0.5) is 5.82 Å². The normalized spacial score (nSPS) is 12.7. The van der Waals surface area contributed by atoms with Crippen molar-refractivity contribution in [3.05, 3.63) is 41.0 Å². The Morgan fingerprint density at radius 1 is 1.12 bits per heavy atom. The zero-order valence-corrected chi connectivity index (χ0v) is 16.0. The molecular weight excluding hydrogens is 330 g/mol. The molecule has 0 radical (unpaired) electrons. The lowest BCUT2D eigenvalue weighted by Gasteiger charge is -2.11. The summed E-state index contributed by atoms with van der Waals surface area (Å²) in [5, 5.41) is 13.9. The number of fused-ring (bicyclic) bond motifs is 1. The van der Waals surface area contributed by atoms with Crippen LogP contribution in [0.3, 0.4) is 0 Å². The van der Waals surface area contributed by atoms with Gasteiger partial charge in [-0.2, -0.15) is 0 Å². The third kappa shape index (κ3) is 3.67. The molecule has 0 aliphatic rings. The Balaban J connectivity index is 2.14. The maximum Gasteiger partial charge on any atom is 0.138 e. The summed E-state index contributed by atoms with van der Waals surface area (Å²) < 4.78 is 0. The monoisotopic (exact) mass is 355 g/mol. The molecule has 3 aromatic rings. The predicted molar refractivity (Wildman–Crippen MR) is 106 cm³/mol. The lowest BCUT2D eigenvalue weighted by molar-refractivity contribution is 0.208. The fraction of sp³-hybridized carbons (Fsp3) is 0.400. The van der Waals surface area contributed by atoms with E-state index in [0.29, 0.717) is 12.5 Å². The molecule has 0 bridgehead atoms. The van der Waals surface area contributed by atoms with Crippen molar-refractivity contribution in [2.75, 3.05) is 11.9 Å². The molecular formula is C20H25N3OS. The average Bonchev–Trinajstić information content (AvgIpc) is 2.99. The maximum absolute atomic E-state index is 9.60. The van der Waals surface area contributed by atoms with E-state index in [9.17, 15) is 5.11 Å². The number of hydrogen-bond donors (Lipinski definition) is 2. The second-order valence-electron chi connectivity index (χ2n) is 6.66. The molecule has 1 atom stereocenters. The van der Waals surface area contributed by atoms with Crippen molar-refractivity contribution in [2.45, 2.75) is 46.1 Å². The van der Waals surface area contributed by atoms with Crippen molar-refractivity contribution < 1.29 is 5.11 Å². The number of aryl methyl sites for hydroxylation is 1. The first-order valence-corrected chi connectivity index (χ1v) is 9.61. The summed E-state index contributed by atoms with van der Waals surface area (Å²) in [6, 6.07) is 8.80. The van der Waals surface area contributed by atoms with E-state index >= 15 is 0 Å². The molecule has 1 unspecified atom stereocenters. The number of nitrogens with zero attached hydrogens (tertiary/aromatic N) is 2. The first-order valence-electron chi connectivity index (χ1n) is 8.79. The van der Waals surface area contributed by atoms with Crippen LogP contribution in [0.15, 0.2) is 30.6 Å². The molecule has 1 aromatic carbocycles. The average molecular weight is 356 g/mol. The van der Waals surface area contributed by atoms with Crippen LogP contribution in [0.25, 0.3) is 21.3 Å². The van der Waals surface area contributed by atoms with Gasteiger partial charge in [0.2, 0.25) is 0 Å². The molecule has 0 saturated heterocycles. The Bertz CT molecular complexity index is 853. The molecule has 0 saturated carbocycles. The molecule has 0 spiro atoms. The van der Waals surface area contributed by atoms with E-state index in [2.05, 4.69) is 60.3 Å². The SMILES string of the molecule is CCc1sc2ncnc(NCC(C)O)c2c1-c1ccc(C(C)C)cc1. The molecule has 2 heterocycles. The quantitative estimate of drug-likeness (QED) is 0.664. The molecule has 3 rings (SSSR count). The fourth-order valence-electron chi connectivity index (χ4n) is 2.95. The summed E-state index contributed by atoms with van der Waals surface area (Å²) in [5.74, 6) is 1.32. The highest BCUT2D eigenvalue weighted by atomic mass is 32.1. The van der Waals surface area contributed by atoms with Crippen LogP contribution < -0.4 is 5.32 Å². The number of anilines is 1. The Kier molecular flexibility index (Phi) is 5.35. The van der Waals surface area contributed by atoms with Gasteiger partial charge in [0.05, 0.1) is 11.5 Å². The van der Waals surface area contributed by atoms with Gasteiger partial charge in [0.25, 0.3) is 0 Å². The van der Waals surface area contributed by atoms with Gasteiger partial charge in [-0.05, 0) is 30.4 Å². The Morgan fingerprint density at radius 3 is 2.44 bits per heavy atom. The lowest BCUT2D eigenvalue weighted by Crippen LogP contribution is -2.16. The number of rotatable bonds is 6. The van der Waals surface area contributed by atoms with E-state index < -0.39 is 6.10 Å². The van der Waals surface area contributed by atoms with Crippen LogP contribution in [0.1, 0.15) is 44.1 Å². The zero-order valence-electron chi connectivity index (χ0n) is 15.2. The summed E-state index contributed by atoms with van der Waals surface area (Å²) in [4.78, 5) is 11.2. The summed E-state index contributed by atoms with van der Waals surface area (Å²) >= 11 is 1.72. The van der Waals surface area contributed by atoms with Gasteiger partial charge < -0.3 is 10.4 Å². The van der Waals surface area contributed by atoms with E-state index in [1.54, 1.807) is 24.6 Å². The first-order chi connectivity index (χ1) is 12.0. The second-order valence-corrected chi connectivity index (χ2v) is 7.75. The number of thiophene rings is 1. The van der Waals surface area contributed by atoms with Gasteiger partial charge in [0, 0.05) is 17.0 Å². The van der Waals surface area contributed by atoms with Gasteiger partial charge in [0.15, 0.2) is 0 Å². The minimum atomic E-state index is -0.428. The van der Waals surface area contributed by atoms with Crippen molar-refractivity contribution >= 4 is 27.4 Å². The van der Waals surface area contributed by atoms with Gasteiger partial charge in [-0.15, -0.1) is 11.3 Å². The summed E-state index contributed by atoms with van der Waals surface area (Å²) in [6.07, 6.45) is 2.12. The fourth-order valence-corrected chi connectivity index (χ4v) is 4.05. The van der Waals surface area contributed by atoms with Crippen LogP contribution in [0.2, 0.25) is 0 Å². The van der Waals surface area contributed by atoms with E-state index in [1.165, 1.54) is 21.6 Å². The summed E-state index contributed by atoms with van der Waals surface area (Å²) in [7, 11) is 0. The molecule has 25 heavy (non-hydrogen) atoms. The summed E-state index contributed by atoms with van der Waals surface area (Å²) in [5.41, 5.74) is 3.75. The molecule has 0 aliphatic carbocycles. The smallest absolute Gasteiger partial charge is 0.138 e. The van der Waals surface area contributed by atoms with Crippen molar-refractivity contribution in [3.63, 3.8) is 0 Å². The Hall–Kier alpha value is -1.98. The van der Waals surface area contributed by atoms with Crippen molar-refractivity contribution in [3.8, 4) is 11.1 Å². The molecule has 0 aliphatic heterocycles. The third-order valence-corrected chi connectivity index (χ3v) is 5.56. The second kappa shape index (κ2) is 7.50. The number of benzene rings is 1. The van der Waals surface area contributed by atoms with E-state index in [0.717, 1.165) is 22.5 Å². The van der Waals surface area contributed by atoms with E-state index in [1.807, 2.05) is 0 Å². The number of nitrogens with one attached hydrogen (secondary N) is 1. The standard InChI is InChI=1S/C20H25N3OS/c1-5-16-17(15-8-6-14(7-9-15)12(2)3)18-19(21-10-13(4)24)22-11-23-20(18)25-16/h6-9,11-13,24H,5,10H2,1-4H3,(H,21,22,23). The maximum atomic E-state index is 9.60. The molecule has 0 amide bonds. The minimum Gasteiger partial charge on any atom is -0.392 e. The van der Waals surface area contributed by atoms with Gasteiger partial charge in [-0.3, -0.25) is 0 Å². The third-order valence-electron chi connectivity index (χ3n) is 4.31. The predicted octanol–water partition coefficient (Wildman–Crippen LogP) is 4.84. The molecule has 132 valence electrons. The van der Waals surface area contributed by atoms with E-state index in [-0.39, 0.29) is 0 Å².